The molecule has 0 bridgehead atoms. The van der Waals surface area contributed by atoms with Crippen LogP contribution in [-0.4, -0.2) is 0 Å². The molecule has 2 unspecified atom stereocenters. The molecule has 320 valence electrons. The van der Waals surface area contributed by atoms with Gasteiger partial charge < -0.3 is 29.1 Å². The minimum atomic E-state index is -2.83. The van der Waals surface area contributed by atoms with Gasteiger partial charge in [-0.05, 0) is 109 Å². The number of hydrogen-bond acceptors (Lipinski definition) is 8. The second-order valence-electron chi connectivity index (χ2n) is 17.9. The highest BCUT2D eigenvalue weighted by Crippen LogP contribution is 2.70. The number of benzene rings is 10. The van der Waals surface area contributed by atoms with Crippen molar-refractivity contribution in [2.75, 3.05) is 19.6 Å². The van der Waals surface area contributed by atoms with Crippen LogP contribution in [0, 0.1) is 0 Å². The van der Waals surface area contributed by atoms with Gasteiger partial charge in [0.2, 0.25) is 0 Å². The highest BCUT2D eigenvalue weighted by atomic mass is 32.4. The molecule has 2 atom stereocenters. The van der Waals surface area contributed by atoms with Crippen molar-refractivity contribution in [3.63, 3.8) is 0 Å². The van der Waals surface area contributed by atoms with Crippen molar-refractivity contribution in [2.45, 2.75) is 0 Å². The molecule has 0 fully saturated rings. The van der Waals surface area contributed by atoms with Crippen LogP contribution in [0.4, 0.5) is 68.2 Å². The van der Waals surface area contributed by atoms with Crippen LogP contribution in [0.3, 0.4) is 0 Å². The summed E-state index contributed by atoms with van der Waals surface area (Å²) in [5.41, 5.74) is 12.7. The Kier molecular flexibility index (Phi) is 7.28. The van der Waals surface area contributed by atoms with Gasteiger partial charge in [-0.1, -0.05) is 121 Å². The SMILES string of the molecule is S=P12c3c4cccc3N(c3ccccc3)c3cccc(c31)N(c1ccccc1)c1cc3c5c6c(cc3c(c12)O4)Oc1cccc2c1P6(=S)c1c(cccc1N5c1ccccc1)N2c1ccccc1. The summed E-state index contributed by atoms with van der Waals surface area (Å²) in [5.74, 6) is 3.14. The Morgan fingerprint density at radius 2 is 0.676 bits per heavy atom. The Balaban J connectivity index is 1.07. The fraction of sp³-hybridized carbons (Fsp3) is 0. The van der Waals surface area contributed by atoms with E-state index in [0.717, 1.165) is 123 Å². The van der Waals surface area contributed by atoms with Gasteiger partial charge in [0, 0.05) is 44.1 Å². The monoisotopic (exact) mass is 944 g/mol. The van der Waals surface area contributed by atoms with Crippen molar-refractivity contribution in [3.8, 4) is 23.0 Å². The van der Waals surface area contributed by atoms with Crippen molar-refractivity contribution < 1.29 is 9.47 Å². The smallest absolute Gasteiger partial charge is 0.146 e. The summed E-state index contributed by atoms with van der Waals surface area (Å²) < 4.78 is 14.9. The molecule has 68 heavy (non-hydrogen) atoms. The second kappa shape index (κ2) is 13.2. The van der Waals surface area contributed by atoms with E-state index in [4.69, 9.17) is 33.1 Å². The molecule has 16 rings (SSSR count). The molecule has 0 spiro atoms. The predicted molar refractivity (Wildman–Crippen MR) is 289 cm³/mol. The Hall–Kier alpha value is -7.44. The molecule has 0 aromatic heterocycles. The Labute approximate surface area is 402 Å². The minimum Gasteiger partial charge on any atom is -0.456 e. The van der Waals surface area contributed by atoms with E-state index in [1.807, 2.05) is 0 Å². The number of rotatable bonds is 4. The fourth-order valence-electron chi connectivity index (χ4n) is 12.0. The molecular formula is C58H34N4O2P2S2. The maximum atomic E-state index is 7.54. The summed E-state index contributed by atoms with van der Waals surface area (Å²) in [7, 11) is 0. The zero-order chi connectivity index (χ0) is 44.6. The molecule has 0 amide bonds. The van der Waals surface area contributed by atoms with Crippen LogP contribution in [0.1, 0.15) is 0 Å². The molecule has 0 radical (unpaired) electrons. The van der Waals surface area contributed by atoms with Crippen molar-refractivity contribution >= 4 is 147 Å². The molecule has 0 saturated heterocycles. The highest BCUT2D eigenvalue weighted by Gasteiger charge is 2.54. The fourth-order valence-corrected chi connectivity index (χ4v) is 22.4. The predicted octanol–water partition coefficient (Wildman–Crippen LogP) is 13.7. The third kappa shape index (κ3) is 4.46. The lowest BCUT2D eigenvalue weighted by Crippen LogP contribution is -2.46. The lowest BCUT2D eigenvalue weighted by Gasteiger charge is -2.50. The lowest BCUT2D eigenvalue weighted by molar-refractivity contribution is 0.485. The molecule has 0 saturated carbocycles. The summed E-state index contributed by atoms with van der Waals surface area (Å²) in [6.07, 6.45) is 0. The number of fused-ring (bicyclic) bond motifs is 3. The number of para-hydroxylation sites is 4. The van der Waals surface area contributed by atoms with E-state index in [1.165, 1.54) is 10.6 Å². The first-order chi connectivity index (χ1) is 33.5. The van der Waals surface area contributed by atoms with Crippen LogP contribution in [0.25, 0.3) is 10.8 Å². The first-order valence-electron chi connectivity index (χ1n) is 22.7. The third-order valence-electron chi connectivity index (χ3n) is 14.5. The van der Waals surface area contributed by atoms with E-state index in [-0.39, 0.29) is 0 Å². The molecule has 0 aliphatic carbocycles. The average Bonchev–Trinajstić information content (AvgIpc) is 3.38. The zero-order valence-electron chi connectivity index (χ0n) is 35.9. The van der Waals surface area contributed by atoms with Crippen molar-refractivity contribution in [1.29, 1.82) is 0 Å². The molecule has 6 aliphatic heterocycles. The van der Waals surface area contributed by atoms with Gasteiger partial charge in [0.25, 0.3) is 0 Å². The maximum absolute atomic E-state index is 7.54. The molecule has 6 heterocycles. The number of nitrogens with zero attached hydrogens (tertiary/aromatic N) is 4. The van der Waals surface area contributed by atoms with Gasteiger partial charge in [-0.2, -0.15) is 0 Å². The summed E-state index contributed by atoms with van der Waals surface area (Å²) >= 11 is 15.0. The Bertz CT molecular complexity index is 3930. The quantitative estimate of drug-likeness (QED) is 0.161. The van der Waals surface area contributed by atoms with Gasteiger partial charge >= 0.3 is 0 Å². The van der Waals surface area contributed by atoms with Crippen molar-refractivity contribution in [3.05, 3.63) is 206 Å². The van der Waals surface area contributed by atoms with E-state index in [9.17, 15) is 0 Å². The average molecular weight is 945 g/mol. The van der Waals surface area contributed by atoms with Crippen LogP contribution >= 0.6 is 12.1 Å². The normalized spacial score (nSPS) is 18.6. The molecule has 10 heteroatoms. The summed E-state index contributed by atoms with van der Waals surface area (Å²) in [5, 5.41) is 8.61. The van der Waals surface area contributed by atoms with Gasteiger partial charge in [-0.15, -0.1) is 0 Å². The van der Waals surface area contributed by atoms with Gasteiger partial charge in [0.05, 0.1) is 78.8 Å². The van der Waals surface area contributed by atoms with Crippen molar-refractivity contribution in [2.24, 2.45) is 0 Å². The number of hydrogen-bond donors (Lipinski definition) is 0. The topological polar surface area (TPSA) is 31.4 Å². The molecular weight excluding hydrogens is 911 g/mol. The first-order valence-corrected chi connectivity index (χ1v) is 28.3. The largest absolute Gasteiger partial charge is 0.456 e. The number of anilines is 12. The van der Waals surface area contributed by atoms with Crippen LogP contribution in [0.2, 0.25) is 0 Å². The summed E-state index contributed by atoms with van der Waals surface area (Å²) in [6, 6.07) is 68.0. The molecule has 0 N–H and O–H groups in total. The lowest BCUT2D eigenvalue weighted by atomic mass is 10.0. The van der Waals surface area contributed by atoms with Crippen LogP contribution < -0.4 is 60.9 Å². The number of ether oxygens (including phenoxy) is 2. The van der Waals surface area contributed by atoms with E-state index in [0.29, 0.717) is 0 Å². The standard InChI is InChI=1S/C58H34N4O2P2S2/c67-65-53-41-25-13-27-43(53)61(37-21-9-3-10-22-37)47-33-39-40(52(57(47)65)64-49-32-16-30-46(56(49)65)59(41)35-17-5-1-6-18-35)34-50-58-51(39)62(38-23-11-4-12-24-38)44-28-14-26-42-54(44)66(58,68)55-45(29-15-31-48(55)63-50)60(42)36-19-7-2-8-20-36/h1-34H. The third-order valence-corrected chi connectivity index (χ3v) is 24.2. The highest BCUT2D eigenvalue weighted by molar-refractivity contribution is 8.27. The second-order valence-corrected chi connectivity index (χ2v) is 26.3. The van der Waals surface area contributed by atoms with Gasteiger partial charge in [-0.25, -0.2) is 0 Å². The van der Waals surface area contributed by atoms with Crippen molar-refractivity contribution in [1.82, 2.24) is 0 Å². The molecule has 10 aromatic rings. The van der Waals surface area contributed by atoms with Crippen LogP contribution in [-0.2, 0) is 23.6 Å². The molecule has 10 aromatic carbocycles. The van der Waals surface area contributed by atoms with Gasteiger partial charge in [0.15, 0.2) is 0 Å². The van der Waals surface area contributed by atoms with Gasteiger partial charge in [0.1, 0.15) is 23.0 Å². The van der Waals surface area contributed by atoms with E-state index in [2.05, 4.69) is 226 Å². The molecule has 6 nitrogen and oxygen atoms in total. The summed E-state index contributed by atoms with van der Waals surface area (Å²) in [4.78, 5) is 9.64. The van der Waals surface area contributed by atoms with Crippen LogP contribution in [0.15, 0.2) is 206 Å². The van der Waals surface area contributed by atoms with E-state index in [1.54, 1.807) is 0 Å². The zero-order valence-corrected chi connectivity index (χ0v) is 39.4. The van der Waals surface area contributed by atoms with E-state index >= 15 is 0 Å². The Morgan fingerprint density at radius 3 is 1.16 bits per heavy atom. The minimum absolute atomic E-state index is 0.766. The molecule has 6 aliphatic rings. The van der Waals surface area contributed by atoms with Gasteiger partial charge in [-0.3, -0.25) is 0 Å². The first kappa shape index (κ1) is 37.6. The van der Waals surface area contributed by atoms with Crippen LogP contribution in [0.5, 0.6) is 23.0 Å². The van der Waals surface area contributed by atoms with E-state index < -0.39 is 12.1 Å². The maximum Gasteiger partial charge on any atom is 0.146 e. The summed E-state index contributed by atoms with van der Waals surface area (Å²) in [6.45, 7) is 0. The Morgan fingerprint density at radius 1 is 0.294 bits per heavy atom.